The van der Waals surface area contributed by atoms with Crippen molar-refractivity contribution in [2.24, 2.45) is 11.8 Å². The highest BCUT2D eigenvalue weighted by molar-refractivity contribution is 5.29. The molecular weight excluding hydrogens is 516 g/mol. The Morgan fingerprint density at radius 2 is 1.85 bits per heavy atom. The van der Waals surface area contributed by atoms with Crippen LogP contribution in [0.3, 0.4) is 0 Å². The van der Waals surface area contributed by atoms with E-state index in [-0.39, 0.29) is 38.6 Å². The number of unbranched alkanes of at least 4 members (excludes halogenated alkanes) is 2. The summed E-state index contributed by atoms with van der Waals surface area (Å²) >= 11 is 0. The molecule has 1 spiro atoms. The van der Waals surface area contributed by atoms with E-state index in [1.807, 2.05) is 18.2 Å². The minimum Gasteiger partial charge on any atom is -0.483 e. The molecule has 0 radical (unpaired) electrons. The predicted octanol–water partition coefficient (Wildman–Crippen LogP) is 2.60. The van der Waals surface area contributed by atoms with E-state index in [2.05, 4.69) is 13.5 Å². The monoisotopic (exact) mass is 564 g/mol. The van der Waals surface area contributed by atoms with Gasteiger partial charge in [0.15, 0.2) is 5.60 Å². The van der Waals surface area contributed by atoms with E-state index in [0.29, 0.717) is 37.2 Å². The van der Waals surface area contributed by atoms with E-state index < -0.39 is 42.2 Å². The maximum absolute atomic E-state index is 11.7. The Hall–Kier alpha value is -1.98. The molecule has 3 rings (SSSR count). The number of benzene rings is 1. The molecule has 40 heavy (non-hydrogen) atoms. The smallest absolute Gasteiger partial charge is 0.243 e. The summed E-state index contributed by atoms with van der Waals surface area (Å²) in [5.41, 5.74) is -0.573. The molecular formula is C31H48O9. The molecule has 2 aliphatic heterocycles. The minimum absolute atomic E-state index is 0.0787. The van der Waals surface area contributed by atoms with E-state index in [4.69, 9.17) is 14.2 Å². The fraction of sp³-hybridized carbons (Fsp3) is 0.677. The van der Waals surface area contributed by atoms with Crippen molar-refractivity contribution in [3.63, 3.8) is 0 Å². The first-order valence-corrected chi connectivity index (χ1v) is 14.6. The van der Waals surface area contributed by atoms with Crippen LogP contribution in [0.25, 0.3) is 0 Å². The zero-order valence-electron chi connectivity index (χ0n) is 23.6. The SMILES string of the molecule is C=CCc1ccc(OC2OC(C(O)CCCO)C(O)C(O)C23CC(CO)C(CCO)C=C(CCCCC)O3)cc1. The normalized spacial score (nSPS) is 31.2. The lowest BCUT2D eigenvalue weighted by molar-refractivity contribution is -0.336. The molecule has 1 saturated heterocycles. The lowest BCUT2D eigenvalue weighted by atomic mass is 9.75. The van der Waals surface area contributed by atoms with Gasteiger partial charge in [0.05, 0.1) is 11.9 Å². The van der Waals surface area contributed by atoms with Gasteiger partial charge in [0.1, 0.15) is 24.1 Å². The van der Waals surface area contributed by atoms with Gasteiger partial charge in [-0.15, -0.1) is 6.58 Å². The molecule has 6 N–H and O–H groups in total. The van der Waals surface area contributed by atoms with Crippen LogP contribution in [-0.4, -0.2) is 86.8 Å². The Kier molecular flexibility index (Phi) is 12.9. The first-order valence-electron chi connectivity index (χ1n) is 14.6. The van der Waals surface area contributed by atoms with Crippen molar-refractivity contribution in [3.8, 4) is 5.75 Å². The second kappa shape index (κ2) is 15.9. The van der Waals surface area contributed by atoms with Gasteiger partial charge in [-0.05, 0) is 67.7 Å². The van der Waals surface area contributed by atoms with E-state index in [0.717, 1.165) is 24.8 Å². The van der Waals surface area contributed by atoms with E-state index >= 15 is 0 Å². The molecule has 2 heterocycles. The number of allylic oxidation sites excluding steroid dienone is 3. The lowest BCUT2D eigenvalue weighted by Crippen LogP contribution is -2.70. The van der Waals surface area contributed by atoms with Gasteiger partial charge in [0.25, 0.3) is 0 Å². The third kappa shape index (κ3) is 7.85. The maximum Gasteiger partial charge on any atom is 0.243 e. The zero-order chi connectivity index (χ0) is 29.1. The van der Waals surface area contributed by atoms with Gasteiger partial charge < -0.3 is 44.8 Å². The molecule has 9 nitrogen and oxygen atoms in total. The summed E-state index contributed by atoms with van der Waals surface area (Å²) in [4.78, 5) is 0. The number of hydrogen-bond donors (Lipinski definition) is 6. The quantitative estimate of drug-likeness (QED) is 0.140. The van der Waals surface area contributed by atoms with Crippen LogP contribution < -0.4 is 4.74 Å². The highest BCUT2D eigenvalue weighted by atomic mass is 16.7. The van der Waals surface area contributed by atoms with Crippen LogP contribution in [0.5, 0.6) is 5.75 Å². The molecule has 8 atom stereocenters. The van der Waals surface area contributed by atoms with Gasteiger partial charge in [0, 0.05) is 32.7 Å². The molecule has 1 aromatic carbocycles. The predicted molar refractivity (Wildman–Crippen MR) is 150 cm³/mol. The molecule has 9 heteroatoms. The van der Waals surface area contributed by atoms with Crippen LogP contribution in [0.2, 0.25) is 0 Å². The second-order valence-corrected chi connectivity index (χ2v) is 11.0. The fourth-order valence-corrected chi connectivity index (χ4v) is 5.78. The molecule has 2 aliphatic rings. The summed E-state index contributed by atoms with van der Waals surface area (Å²) in [5.74, 6) is 0.397. The van der Waals surface area contributed by atoms with Crippen LogP contribution in [-0.2, 0) is 15.9 Å². The Balaban J connectivity index is 2.04. The van der Waals surface area contributed by atoms with E-state index in [9.17, 15) is 30.6 Å². The zero-order valence-corrected chi connectivity index (χ0v) is 23.6. The number of ether oxygens (including phenoxy) is 3. The molecule has 0 amide bonds. The Labute approximate surface area is 237 Å². The van der Waals surface area contributed by atoms with Crippen molar-refractivity contribution in [2.75, 3.05) is 19.8 Å². The second-order valence-electron chi connectivity index (χ2n) is 11.0. The van der Waals surface area contributed by atoms with Crippen molar-refractivity contribution in [3.05, 3.63) is 54.3 Å². The van der Waals surface area contributed by atoms with Crippen LogP contribution >= 0.6 is 0 Å². The average Bonchev–Trinajstić information content (AvgIpc) is 3.11. The number of aliphatic hydroxyl groups is 6. The fourth-order valence-electron chi connectivity index (χ4n) is 5.78. The summed E-state index contributed by atoms with van der Waals surface area (Å²) < 4.78 is 19.2. The summed E-state index contributed by atoms with van der Waals surface area (Å²) in [5, 5.41) is 63.2. The van der Waals surface area contributed by atoms with Crippen LogP contribution in [0.15, 0.2) is 48.8 Å². The number of aliphatic hydroxyl groups excluding tert-OH is 6. The van der Waals surface area contributed by atoms with Gasteiger partial charge in [-0.1, -0.05) is 38.0 Å². The summed E-state index contributed by atoms with van der Waals surface area (Å²) in [6.07, 6.45) is 2.06. The first-order chi connectivity index (χ1) is 19.3. The van der Waals surface area contributed by atoms with Crippen LogP contribution in [0.4, 0.5) is 0 Å². The first kappa shape index (κ1) is 32.5. The molecule has 0 aromatic heterocycles. The van der Waals surface area contributed by atoms with Crippen molar-refractivity contribution < 1.29 is 44.8 Å². The van der Waals surface area contributed by atoms with Gasteiger partial charge in [-0.25, -0.2) is 0 Å². The van der Waals surface area contributed by atoms with Crippen molar-refractivity contribution in [1.29, 1.82) is 0 Å². The van der Waals surface area contributed by atoms with Crippen molar-refractivity contribution >= 4 is 0 Å². The Bertz CT molecular complexity index is 920. The molecule has 8 unspecified atom stereocenters. The summed E-state index contributed by atoms with van der Waals surface area (Å²) in [6.45, 7) is 5.42. The third-order valence-corrected chi connectivity index (χ3v) is 8.06. The van der Waals surface area contributed by atoms with Gasteiger partial charge >= 0.3 is 0 Å². The Morgan fingerprint density at radius 3 is 2.48 bits per heavy atom. The molecule has 1 fully saturated rings. The largest absolute Gasteiger partial charge is 0.483 e. The number of rotatable bonds is 15. The molecule has 1 aromatic rings. The van der Waals surface area contributed by atoms with Crippen molar-refractivity contribution in [1.82, 2.24) is 0 Å². The van der Waals surface area contributed by atoms with Gasteiger partial charge in [-0.2, -0.15) is 0 Å². The topological polar surface area (TPSA) is 149 Å². The van der Waals surface area contributed by atoms with E-state index in [1.165, 1.54) is 0 Å². The average molecular weight is 565 g/mol. The standard InChI is InChI=1S/C31H48O9/c1-3-5-6-9-25-18-22(15-17-33)23(20-34)19-31(40-25)29(37)27(36)28(26(35)10-7-16-32)39-30(31)38-24-13-11-21(8-4-2)12-14-24/h4,11-14,18,22-23,26-30,32-37H,2-3,5-10,15-17,19-20H2,1H3. The highest BCUT2D eigenvalue weighted by Crippen LogP contribution is 2.46. The minimum atomic E-state index is -1.61. The number of hydrogen-bond acceptors (Lipinski definition) is 9. The van der Waals surface area contributed by atoms with E-state index in [1.54, 1.807) is 18.2 Å². The van der Waals surface area contributed by atoms with Crippen LogP contribution in [0, 0.1) is 11.8 Å². The van der Waals surface area contributed by atoms with Gasteiger partial charge in [0.2, 0.25) is 6.29 Å². The highest BCUT2D eigenvalue weighted by Gasteiger charge is 2.62. The summed E-state index contributed by atoms with van der Waals surface area (Å²) in [7, 11) is 0. The summed E-state index contributed by atoms with van der Waals surface area (Å²) in [6, 6.07) is 7.33. The van der Waals surface area contributed by atoms with Gasteiger partial charge in [-0.3, -0.25) is 0 Å². The third-order valence-electron chi connectivity index (χ3n) is 8.06. The molecule has 226 valence electrons. The van der Waals surface area contributed by atoms with Crippen LogP contribution in [0.1, 0.15) is 63.9 Å². The molecule has 0 aliphatic carbocycles. The maximum atomic E-state index is 11.7. The lowest BCUT2D eigenvalue weighted by Gasteiger charge is -2.52. The Morgan fingerprint density at radius 1 is 1.10 bits per heavy atom. The molecule has 0 bridgehead atoms. The van der Waals surface area contributed by atoms with Crippen molar-refractivity contribution in [2.45, 2.75) is 101 Å². The molecule has 0 saturated carbocycles.